The number of para-hydroxylation sites is 1. The van der Waals surface area contributed by atoms with Crippen LogP contribution in [0.25, 0.3) is 6.08 Å². The standard InChI is InChI=1S/C24H18N2O5/c1-16-11-12-19(14-21(16)26(28)29)23-25-20(24(27)31-23)13-18-9-5-6-10-22(18)30-15-17-7-3-2-4-8-17/h2-14H,15H2,1H3/b20-13-. The van der Waals surface area contributed by atoms with Crippen LogP contribution in [0.1, 0.15) is 22.3 Å². The van der Waals surface area contributed by atoms with E-state index in [1.807, 2.05) is 54.6 Å². The highest BCUT2D eigenvalue weighted by molar-refractivity contribution is 6.13. The lowest BCUT2D eigenvalue weighted by Gasteiger charge is -2.09. The van der Waals surface area contributed by atoms with Crippen molar-refractivity contribution >= 4 is 23.6 Å². The molecule has 0 fully saturated rings. The van der Waals surface area contributed by atoms with Gasteiger partial charge in [-0.05, 0) is 30.7 Å². The molecule has 31 heavy (non-hydrogen) atoms. The summed E-state index contributed by atoms with van der Waals surface area (Å²) < 4.78 is 11.2. The summed E-state index contributed by atoms with van der Waals surface area (Å²) in [4.78, 5) is 27.3. The van der Waals surface area contributed by atoms with Crippen LogP contribution >= 0.6 is 0 Å². The normalized spacial score (nSPS) is 14.3. The number of hydrogen-bond donors (Lipinski definition) is 0. The van der Waals surface area contributed by atoms with Crippen molar-refractivity contribution in [2.24, 2.45) is 4.99 Å². The number of esters is 1. The molecule has 0 bridgehead atoms. The first-order chi connectivity index (χ1) is 15.0. The minimum absolute atomic E-state index is 0.0297. The Morgan fingerprint density at radius 1 is 1.06 bits per heavy atom. The molecule has 1 aliphatic rings. The van der Waals surface area contributed by atoms with Gasteiger partial charge >= 0.3 is 5.97 Å². The number of aryl methyl sites for hydroxylation is 1. The Kier molecular flexibility index (Phi) is 5.57. The summed E-state index contributed by atoms with van der Waals surface area (Å²) in [7, 11) is 0. The summed E-state index contributed by atoms with van der Waals surface area (Å²) in [5.74, 6) is -0.000553. The van der Waals surface area contributed by atoms with Crippen molar-refractivity contribution in [2.75, 3.05) is 0 Å². The molecule has 0 N–H and O–H groups in total. The van der Waals surface area contributed by atoms with Crippen LogP contribution in [0.2, 0.25) is 0 Å². The quantitative estimate of drug-likeness (QED) is 0.249. The summed E-state index contributed by atoms with van der Waals surface area (Å²) in [5.41, 5.74) is 2.60. The van der Waals surface area contributed by atoms with E-state index in [1.165, 1.54) is 6.07 Å². The molecule has 0 radical (unpaired) electrons. The summed E-state index contributed by atoms with van der Waals surface area (Å²) >= 11 is 0. The fraction of sp³-hybridized carbons (Fsp3) is 0.0833. The van der Waals surface area contributed by atoms with Gasteiger partial charge in [0.25, 0.3) is 5.69 Å². The summed E-state index contributed by atoms with van der Waals surface area (Å²) in [5, 5.41) is 11.2. The molecular weight excluding hydrogens is 396 g/mol. The van der Waals surface area contributed by atoms with Crippen molar-refractivity contribution < 1.29 is 19.2 Å². The molecule has 3 aromatic rings. The maximum Gasteiger partial charge on any atom is 0.363 e. The van der Waals surface area contributed by atoms with Crippen molar-refractivity contribution in [3.05, 3.63) is 111 Å². The van der Waals surface area contributed by atoms with E-state index in [0.29, 0.717) is 29.0 Å². The lowest BCUT2D eigenvalue weighted by molar-refractivity contribution is -0.385. The Morgan fingerprint density at radius 3 is 2.58 bits per heavy atom. The number of ether oxygens (including phenoxy) is 2. The Labute approximate surface area is 178 Å². The monoisotopic (exact) mass is 414 g/mol. The minimum Gasteiger partial charge on any atom is -0.488 e. The predicted molar refractivity (Wildman–Crippen MR) is 116 cm³/mol. The topological polar surface area (TPSA) is 91.0 Å². The lowest BCUT2D eigenvalue weighted by Crippen LogP contribution is -2.06. The van der Waals surface area contributed by atoms with Crippen LogP contribution in [-0.2, 0) is 16.1 Å². The molecular formula is C24H18N2O5. The van der Waals surface area contributed by atoms with E-state index >= 15 is 0 Å². The number of aliphatic imine (C=N–C) groups is 1. The number of carbonyl (C=O) groups is 1. The SMILES string of the molecule is Cc1ccc(C2=N/C(=C\c3ccccc3OCc3ccccc3)C(=O)O2)cc1[N+](=O)[O-]. The molecule has 3 aromatic carbocycles. The molecule has 7 heteroatoms. The third kappa shape index (κ3) is 4.51. The molecule has 7 nitrogen and oxygen atoms in total. The van der Waals surface area contributed by atoms with Crippen molar-refractivity contribution in [3.8, 4) is 5.75 Å². The third-order valence-electron chi connectivity index (χ3n) is 4.72. The molecule has 1 aliphatic heterocycles. The second kappa shape index (κ2) is 8.62. The summed E-state index contributed by atoms with van der Waals surface area (Å²) in [6.07, 6.45) is 1.58. The van der Waals surface area contributed by atoms with Crippen LogP contribution in [0.3, 0.4) is 0 Å². The summed E-state index contributed by atoms with van der Waals surface area (Å²) in [6.45, 7) is 2.02. The molecule has 0 unspecified atom stereocenters. The maximum atomic E-state index is 12.4. The maximum absolute atomic E-state index is 12.4. The highest BCUT2D eigenvalue weighted by Crippen LogP contribution is 2.27. The lowest BCUT2D eigenvalue weighted by atomic mass is 10.1. The molecule has 154 valence electrons. The average molecular weight is 414 g/mol. The molecule has 0 saturated heterocycles. The first-order valence-electron chi connectivity index (χ1n) is 9.55. The Balaban J connectivity index is 1.61. The summed E-state index contributed by atoms with van der Waals surface area (Å²) in [6, 6.07) is 21.6. The number of benzene rings is 3. The Hall–Kier alpha value is -4.26. The van der Waals surface area contributed by atoms with Crippen molar-refractivity contribution in [1.82, 2.24) is 0 Å². The van der Waals surface area contributed by atoms with Gasteiger partial charge in [-0.25, -0.2) is 9.79 Å². The molecule has 0 atom stereocenters. The number of nitro groups is 1. The van der Waals surface area contributed by atoms with Gasteiger partial charge in [-0.2, -0.15) is 0 Å². The first-order valence-corrected chi connectivity index (χ1v) is 9.55. The smallest absolute Gasteiger partial charge is 0.363 e. The van der Waals surface area contributed by atoms with Gasteiger partial charge in [-0.3, -0.25) is 10.1 Å². The van der Waals surface area contributed by atoms with Crippen LogP contribution in [0, 0.1) is 17.0 Å². The minimum atomic E-state index is -0.629. The largest absolute Gasteiger partial charge is 0.488 e. The van der Waals surface area contributed by atoms with Gasteiger partial charge in [0.05, 0.1) is 4.92 Å². The van der Waals surface area contributed by atoms with Gasteiger partial charge < -0.3 is 9.47 Å². The molecule has 1 heterocycles. The van der Waals surface area contributed by atoms with E-state index in [4.69, 9.17) is 9.47 Å². The highest BCUT2D eigenvalue weighted by atomic mass is 16.6. The van der Waals surface area contributed by atoms with Gasteiger partial charge in [-0.15, -0.1) is 0 Å². The fourth-order valence-corrected chi connectivity index (χ4v) is 3.09. The van der Waals surface area contributed by atoms with Crippen molar-refractivity contribution in [1.29, 1.82) is 0 Å². The molecule has 0 saturated carbocycles. The molecule has 0 spiro atoms. The van der Waals surface area contributed by atoms with Crippen molar-refractivity contribution in [3.63, 3.8) is 0 Å². The number of cyclic esters (lactones) is 1. The zero-order valence-corrected chi connectivity index (χ0v) is 16.6. The van der Waals surface area contributed by atoms with Crippen LogP contribution in [0.4, 0.5) is 5.69 Å². The molecule has 0 amide bonds. The second-order valence-electron chi connectivity index (χ2n) is 6.91. The van der Waals surface area contributed by atoms with Gasteiger partial charge in [0.15, 0.2) is 5.70 Å². The average Bonchev–Trinajstić information content (AvgIpc) is 3.14. The van der Waals surface area contributed by atoms with Crippen LogP contribution < -0.4 is 4.74 Å². The van der Waals surface area contributed by atoms with E-state index in [-0.39, 0.29) is 17.3 Å². The zero-order chi connectivity index (χ0) is 21.8. The van der Waals surface area contributed by atoms with E-state index in [9.17, 15) is 14.9 Å². The Morgan fingerprint density at radius 2 is 1.81 bits per heavy atom. The van der Waals surface area contributed by atoms with E-state index in [0.717, 1.165) is 5.56 Å². The first kappa shape index (κ1) is 20.0. The van der Waals surface area contributed by atoms with E-state index < -0.39 is 10.9 Å². The number of rotatable bonds is 6. The fourth-order valence-electron chi connectivity index (χ4n) is 3.09. The van der Waals surface area contributed by atoms with Gasteiger partial charge in [0.1, 0.15) is 12.4 Å². The van der Waals surface area contributed by atoms with Crippen molar-refractivity contribution in [2.45, 2.75) is 13.5 Å². The highest BCUT2D eigenvalue weighted by Gasteiger charge is 2.26. The second-order valence-corrected chi connectivity index (χ2v) is 6.91. The van der Waals surface area contributed by atoms with Crippen LogP contribution in [-0.4, -0.2) is 16.8 Å². The predicted octanol–water partition coefficient (Wildman–Crippen LogP) is 4.83. The van der Waals surface area contributed by atoms with Crippen LogP contribution in [0.5, 0.6) is 5.75 Å². The molecule has 0 aliphatic carbocycles. The third-order valence-corrected chi connectivity index (χ3v) is 4.72. The zero-order valence-electron chi connectivity index (χ0n) is 16.6. The van der Waals surface area contributed by atoms with Gasteiger partial charge in [0, 0.05) is 22.8 Å². The number of hydrogen-bond acceptors (Lipinski definition) is 6. The number of carbonyl (C=O) groups excluding carboxylic acids is 1. The number of nitro benzene ring substituents is 1. The van der Waals surface area contributed by atoms with Crippen LogP contribution in [0.15, 0.2) is 83.5 Å². The van der Waals surface area contributed by atoms with E-state index in [2.05, 4.69) is 4.99 Å². The Bertz CT molecular complexity index is 1220. The van der Waals surface area contributed by atoms with Gasteiger partial charge in [-0.1, -0.05) is 54.6 Å². The number of nitrogens with zero attached hydrogens (tertiary/aromatic N) is 2. The van der Waals surface area contributed by atoms with Gasteiger partial charge in [0.2, 0.25) is 5.90 Å². The molecule has 0 aromatic heterocycles. The molecule has 4 rings (SSSR count). The van der Waals surface area contributed by atoms with E-state index in [1.54, 1.807) is 25.1 Å².